The number of aryl methyl sites for hydroxylation is 4. The quantitative estimate of drug-likeness (QED) is 0.145. The summed E-state index contributed by atoms with van der Waals surface area (Å²) in [5.41, 5.74) is 8.75. The first-order valence-electron chi connectivity index (χ1n) is 16.4. The molecule has 264 valence electrons. The van der Waals surface area contributed by atoms with Crippen molar-refractivity contribution in [3.05, 3.63) is 43.8 Å². The molecule has 12 nitrogen and oxygen atoms in total. The van der Waals surface area contributed by atoms with E-state index >= 15 is 0 Å². The molecule has 0 unspecified atom stereocenters. The lowest BCUT2D eigenvalue weighted by Gasteiger charge is -2.21. The molecule has 0 bridgehead atoms. The van der Waals surface area contributed by atoms with Gasteiger partial charge in [0, 0.05) is 24.2 Å². The lowest BCUT2D eigenvalue weighted by Crippen LogP contribution is -2.38. The van der Waals surface area contributed by atoms with Crippen molar-refractivity contribution in [2.45, 2.75) is 117 Å². The van der Waals surface area contributed by atoms with Gasteiger partial charge in [-0.05, 0) is 87.0 Å². The molecule has 2 aliphatic rings. The van der Waals surface area contributed by atoms with E-state index in [1.54, 1.807) is 35.1 Å². The normalized spacial score (nSPS) is 20.4. The summed E-state index contributed by atoms with van der Waals surface area (Å²) in [5, 5.41) is 12.7. The van der Waals surface area contributed by atoms with Gasteiger partial charge in [-0.1, -0.05) is 23.2 Å². The van der Waals surface area contributed by atoms with Crippen molar-refractivity contribution in [2.75, 3.05) is 10.6 Å². The van der Waals surface area contributed by atoms with Gasteiger partial charge in [0.05, 0.1) is 53.6 Å². The smallest absolute Gasteiger partial charge is 0.407 e. The van der Waals surface area contributed by atoms with Gasteiger partial charge in [0.15, 0.2) is 0 Å². The number of carbonyl (C=O) groups is 1. The zero-order chi connectivity index (χ0) is 35.5. The Morgan fingerprint density at radius 3 is 1.67 bits per heavy atom. The van der Waals surface area contributed by atoms with Gasteiger partial charge in [-0.15, -0.1) is 22.7 Å². The van der Waals surface area contributed by atoms with E-state index in [0.717, 1.165) is 75.4 Å². The van der Waals surface area contributed by atoms with Crippen molar-refractivity contribution in [3.63, 3.8) is 0 Å². The van der Waals surface area contributed by atoms with Crippen LogP contribution in [0.25, 0.3) is 21.1 Å². The van der Waals surface area contributed by atoms with Crippen LogP contribution in [0.15, 0.2) is 12.4 Å². The summed E-state index contributed by atoms with van der Waals surface area (Å²) in [6, 6.07) is 0.878. The van der Waals surface area contributed by atoms with E-state index in [4.69, 9.17) is 33.7 Å². The van der Waals surface area contributed by atoms with E-state index in [1.807, 2.05) is 48.5 Å². The van der Waals surface area contributed by atoms with Gasteiger partial charge in [0.1, 0.15) is 17.0 Å². The minimum atomic E-state index is -0.499. The van der Waals surface area contributed by atoms with E-state index in [9.17, 15) is 4.79 Å². The number of alkyl carbamates (subject to hydrolysis) is 1. The predicted molar refractivity (Wildman–Crippen MR) is 199 cm³/mol. The van der Waals surface area contributed by atoms with Crippen LogP contribution < -0.4 is 21.7 Å². The Labute approximate surface area is 305 Å². The molecule has 0 radical (unpaired) electrons. The first-order chi connectivity index (χ1) is 23.1. The number of nitrogens with zero attached hydrogens (tertiary/aromatic N) is 6. The molecule has 16 heteroatoms. The maximum atomic E-state index is 12.0. The van der Waals surface area contributed by atoms with Crippen molar-refractivity contribution >= 4 is 63.9 Å². The third kappa shape index (κ3) is 10.2. The topological polar surface area (TPSA) is 166 Å². The lowest BCUT2D eigenvalue weighted by atomic mass is 10.2. The molecule has 0 aromatic carbocycles. The fourth-order valence-electron chi connectivity index (χ4n) is 5.92. The second-order valence-electron chi connectivity index (χ2n) is 13.5. The molecule has 5 N–H and O–H groups in total. The Balaban J connectivity index is 0.000000199. The van der Waals surface area contributed by atoms with Crippen molar-refractivity contribution < 1.29 is 9.53 Å². The van der Waals surface area contributed by atoms with Crippen molar-refractivity contribution in [1.29, 1.82) is 0 Å². The van der Waals surface area contributed by atoms with E-state index in [-0.39, 0.29) is 24.2 Å². The highest BCUT2D eigenvalue weighted by molar-refractivity contribution is 7.15. The summed E-state index contributed by atoms with van der Waals surface area (Å²) in [7, 11) is 0. The molecule has 0 spiro atoms. The fourth-order valence-corrected chi connectivity index (χ4v) is 8.25. The molecule has 4 aromatic heterocycles. The molecule has 2 aliphatic carbocycles. The van der Waals surface area contributed by atoms with Gasteiger partial charge in [0.2, 0.25) is 11.9 Å². The minimum Gasteiger partial charge on any atom is -0.444 e. The second kappa shape index (κ2) is 15.8. The largest absolute Gasteiger partial charge is 0.444 e. The number of halogens is 2. The minimum absolute atomic E-state index is 0.0745. The third-order valence-corrected chi connectivity index (χ3v) is 10.7. The number of nitrogens with one attached hydrogen (secondary N) is 3. The number of hydrogen-bond acceptors (Lipinski definition) is 13. The number of carbonyl (C=O) groups excluding carboxylic acids is 1. The molecule has 2 fully saturated rings. The van der Waals surface area contributed by atoms with Crippen LogP contribution in [-0.2, 0) is 4.74 Å². The summed E-state index contributed by atoms with van der Waals surface area (Å²) in [5.74, 6) is 1.15. The molecule has 4 atom stereocenters. The molecule has 0 aliphatic heterocycles. The molecule has 2 saturated carbocycles. The van der Waals surface area contributed by atoms with Crippen LogP contribution >= 0.6 is 45.9 Å². The van der Waals surface area contributed by atoms with Gasteiger partial charge < -0.3 is 26.4 Å². The standard InChI is InChI=1S/C19H26ClN5O2S.C14H18ClN5S/c1-10-16(28-11(2)22-10)15-14(20)9-21-17(25-15)23-12-6-7-13(8-12)24-18(26)27-19(3,4)5;1-7-13(21-8(2)18-7)12-11(15)6-17-14(20-12)19-10-4-3-9(16)5-10/h9,12-13H,6-8H2,1-5H3,(H,24,26)(H,21,23,25);6,9-10H,3-5,16H2,1-2H3,(H,17,19,20)/t12-,13+;9-,10+/m01/s1. The Morgan fingerprint density at radius 1 is 0.776 bits per heavy atom. The SMILES string of the molecule is Cc1nc(C)c(-c2nc(N[C@H]3CC[C@@H](N)C3)ncc2Cl)s1.Cc1nc(C)c(-c2nc(N[C@H]3CC[C@@H](NC(=O)OC(C)(C)C)C3)ncc2Cl)s1. The van der Waals surface area contributed by atoms with Crippen LogP contribution in [0.5, 0.6) is 0 Å². The van der Waals surface area contributed by atoms with Crippen LogP contribution in [-0.4, -0.2) is 65.8 Å². The van der Waals surface area contributed by atoms with Crippen LogP contribution in [0, 0.1) is 27.7 Å². The summed E-state index contributed by atoms with van der Waals surface area (Å²) >= 11 is 15.8. The van der Waals surface area contributed by atoms with Gasteiger partial charge in [-0.2, -0.15) is 0 Å². The van der Waals surface area contributed by atoms with Gasteiger partial charge in [0.25, 0.3) is 0 Å². The van der Waals surface area contributed by atoms with Crippen LogP contribution in [0.2, 0.25) is 10.0 Å². The number of ether oxygens (including phenoxy) is 1. The molecule has 6 rings (SSSR count). The van der Waals surface area contributed by atoms with E-state index in [1.165, 1.54) is 0 Å². The highest BCUT2D eigenvalue weighted by Crippen LogP contribution is 2.35. The number of thiazole rings is 2. The summed E-state index contributed by atoms with van der Waals surface area (Å²) in [6.07, 6.45) is 8.54. The first kappa shape index (κ1) is 37.1. The Kier molecular flexibility index (Phi) is 12.0. The molecular formula is C33H44Cl2N10O2S2. The van der Waals surface area contributed by atoms with E-state index in [0.29, 0.717) is 33.7 Å². The highest BCUT2D eigenvalue weighted by atomic mass is 35.5. The monoisotopic (exact) mass is 746 g/mol. The van der Waals surface area contributed by atoms with Gasteiger partial charge in [-0.3, -0.25) is 0 Å². The predicted octanol–water partition coefficient (Wildman–Crippen LogP) is 7.89. The highest BCUT2D eigenvalue weighted by Gasteiger charge is 2.29. The summed E-state index contributed by atoms with van der Waals surface area (Å²) in [6.45, 7) is 13.4. The Morgan fingerprint density at radius 2 is 1.24 bits per heavy atom. The second-order valence-corrected chi connectivity index (χ2v) is 16.7. The maximum absolute atomic E-state index is 12.0. The summed E-state index contributed by atoms with van der Waals surface area (Å²) < 4.78 is 5.33. The van der Waals surface area contributed by atoms with Gasteiger partial charge in [-0.25, -0.2) is 34.7 Å². The number of nitrogens with two attached hydrogens (primary N) is 1. The zero-order valence-corrected chi connectivity index (χ0v) is 32.0. The van der Waals surface area contributed by atoms with E-state index in [2.05, 4.69) is 45.9 Å². The molecular weight excluding hydrogens is 703 g/mol. The number of anilines is 2. The first-order valence-corrected chi connectivity index (χ1v) is 18.7. The summed E-state index contributed by atoms with van der Waals surface area (Å²) in [4.78, 5) is 40.6. The van der Waals surface area contributed by atoms with Crippen molar-refractivity contribution in [3.8, 4) is 21.1 Å². The Hall–Kier alpha value is -3.17. The maximum Gasteiger partial charge on any atom is 0.407 e. The molecule has 1 amide bonds. The van der Waals surface area contributed by atoms with Crippen molar-refractivity contribution in [1.82, 2.24) is 35.2 Å². The fraction of sp³-hybridized carbons (Fsp3) is 0.545. The lowest BCUT2D eigenvalue weighted by molar-refractivity contribution is 0.0505. The zero-order valence-electron chi connectivity index (χ0n) is 28.9. The Bertz CT molecular complexity index is 1780. The number of aromatic nitrogens is 6. The van der Waals surface area contributed by atoms with Crippen LogP contribution in [0.4, 0.5) is 16.7 Å². The molecule has 49 heavy (non-hydrogen) atoms. The average molecular weight is 748 g/mol. The number of rotatable bonds is 7. The third-order valence-electron chi connectivity index (χ3n) is 8.02. The number of amides is 1. The van der Waals surface area contributed by atoms with Crippen LogP contribution in [0.3, 0.4) is 0 Å². The van der Waals surface area contributed by atoms with E-state index < -0.39 is 5.60 Å². The number of hydrogen-bond donors (Lipinski definition) is 4. The van der Waals surface area contributed by atoms with Crippen LogP contribution in [0.1, 0.15) is 80.7 Å². The molecule has 0 saturated heterocycles. The molecule has 4 heterocycles. The average Bonchev–Trinajstić information content (AvgIpc) is 3.78. The van der Waals surface area contributed by atoms with Gasteiger partial charge >= 0.3 is 6.09 Å². The van der Waals surface area contributed by atoms with Crippen molar-refractivity contribution in [2.24, 2.45) is 5.73 Å². The molecule has 4 aromatic rings.